The molecule has 1 atom stereocenters. The van der Waals surface area contributed by atoms with Crippen LogP contribution in [0.15, 0.2) is 22.9 Å². The molecule has 18 heavy (non-hydrogen) atoms. The number of pyridine rings is 1. The SMILES string of the molecule is COC(=O)[C@H]1CCCCN1Cc1cncc(Br)c1. The molecule has 1 aromatic rings. The van der Waals surface area contributed by atoms with Gasteiger partial charge in [-0.1, -0.05) is 6.42 Å². The molecule has 2 rings (SSSR count). The molecule has 0 saturated carbocycles. The molecular formula is C13H17BrN2O2. The van der Waals surface area contributed by atoms with E-state index >= 15 is 0 Å². The van der Waals surface area contributed by atoms with Crippen LogP contribution in [0.25, 0.3) is 0 Å². The lowest BCUT2D eigenvalue weighted by Gasteiger charge is -2.33. The van der Waals surface area contributed by atoms with Crippen LogP contribution >= 0.6 is 15.9 Å². The van der Waals surface area contributed by atoms with Gasteiger partial charge in [-0.3, -0.25) is 14.7 Å². The minimum absolute atomic E-state index is 0.109. The summed E-state index contributed by atoms with van der Waals surface area (Å²) in [5.41, 5.74) is 1.11. The van der Waals surface area contributed by atoms with Crippen molar-refractivity contribution in [2.75, 3.05) is 13.7 Å². The van der Waals surface area contributed by atoms with Gasteiger partial charge in [0.15, 0.2) is 0 Å². The van der Waals surface area contributed by atoms with E-state index < -0.39 is 0 Å². The molecule has 98 valence electrons. The van der Waals surface area contributed by atoms with Crippen LogP contribution in [0.2, 0.25) is 0 Å². The Morgan fingerprint density at radius 1 is 1.56 bits per heavy atom. The lowest BCUT2D eigenvalue weighted by Crippen LogP contribution is -2.44. The van der Waals surface area contributed by atoms with Gasteiger partial charge in [0.1, 0.15) is 6.04 Å². The highest BCUT2D eigenvalue weighted by Crippen LogP contribution is 2.21. The maximum Gasteiger partial charge on any atom is 0.323 e. The van der Waals surface area contributed by atoms with Gasteiger partial charge in [-0.05, 0) is 46.9 Å². The number of piperidine rings is 1. The van der Waals surface area contributed by atoms with Crippen LogP contribution in [0.1, 0.15) is 24.8 Å². The van der Waals surface area contributed by atoms with Crippen LogP contribution in [0.3, 0.4) is 0 Å². The fourth-order valence-electron chi connectivity index (χ4n) is 2.36. The number of carbonyl (C=O) groups excluding carboxylic acids is 1. The van der Waals surface area contributed by atoms with E-state index in [0.717, 1.165) is 42.4 Å². The Hall–Kier alpha value is -0.940. The van der Waals surface area contributed by atoms with Gasteiger partial charge in [-0.25, -0.2) is 0 Å². The quantitative estimate of drug-likeness (QED) is 0.804. The molecule has 5 heteroatoms. The zero-order valence-corrected chi connectivity index (χ0v) is 12.0. The molecule has 0 aromatic carbocycles. The van der Waals surface area contributed by atoms with E-state index in [4.69, 9.17) is 4.74 Å². The number of hydrogen-bond donors (Lipinski definition) is 0. The molecule has 0 radical (unpaired) electrons. The Labute approximate surface area is 115 Å². The third-order valence-corrected chi connectivity index (χ3v) is 3.67. The Balaban J connectivity index is 2.07. The van der Waals surface area contributed by atoms with E-state index in [1.54, 1.807) is 6.20 Å². The maximum absolute atomic E-state index is 11.7. The monoisotopic (exact) mass is 312 g/mol. The van der Waals surface area contributed by atoms with Crippen LogP contribution in [-0.4, -0.2) is 35.5 Å². The van der Waals surface area contributed by atoms with Gasteiger partial charge in [0.2, 0.25) is 0 Å². The fourth-order valence-corrected chi connectivity index (χ4v) is 2.77. The summed E-state index contributed by atoms with van der Waals surface area (Å²) in [6, 6.07) is 1.93. The van der Waals surface area contributed by atoms with Gasteiger partial charge < -0.3 is 4.74 Å². The van der Waals surface area contributed by atoms with Crippen LogP contribution in [0.5, 0.6) is 0 Å². The molecular weight excluding hydrogens is 296 g/mol. The van der Waals surface area contributed by atoms with Gasteiger partial charge in [0, 0.05) is 23.4 Å². The first kappa shape index (κ1) is 13.5. The molecule has 1 saturated heterocycles. The topological polar surface area (TPSA) is 42.4 Å². The number of likely N-dealkylation sites (tertiary alicyclic amines) is 1. The number of esters is 1. The van der Waals surface area contributed by atoms with Crippen molar-refractivity contribution in [1.82, 2.24) is 9.88 Å². The average molecular weight is 313 g/mol. The van der Waals surface area contributed by atoms with Crippen LogP contribution < -0.4 is 0 Å². The van der Waals surface area contributed by atoms with E-state index in [-0.39, 0.29) is 12.0 Å². The summed E-state index contributed by atoms with van der Waals surface area (Å²) in [6.07, 6.45) is 6.71. The summed E-state index contributed by atoms with van der Waals surface area (Å²) in [5, 5.41) is 0. The Morgan fingerprint density at radius 3 is 3.11 bits per heavy atom. The number of ether oxygens (including phenoxy) is 1. The average Bonchev–Trinajstić information content (AvgIpc) is 2.38. The number of nitrogens with zero attached hydrogens (tertiary/aromatic N) is 2. The molecule has 0 aliphatic carbocycles. The number of hydrogen-bond acceptors (Lipinski definition) is 4. The second-order valence-electron chi connectivity index (χ2n) is 4.52. The molecule has 1 aliphatic heterocycles. The first-order valence-electron chi connectivity index (χ1n) is 6.12. The third kappa shape index (κ3) is 3.29. The standard InChI is InChI=1S/C13H17BrN2O2/c1-18-13(17)12-4-2-3-5-16(12)9-10-6-11(14)8-15-7-10/h6-8,12H,2-5,9H2,1H3/t12-/m1/s1. The van der Waals surface area contributed by atoms with Crippen molar-refractivity contribution in [3.05, 3.63) is 28.5 Å². The van der Waals surface area contributed by atoms with E-state index in [2.05, 4.69) is 25.8 Å². The zero-order chi connectivity index (χ0) is 13.0. The normalized spacial score (nSPS) is 20.7. The van der Waals surface area contributed by atoms with Gasteiger partial charge in [-0.15, -0.1) is 0 Å². The lowest BCUT2D eigenvalue weighted by molar-refractivity contribution is -0.148. The van der Waals surface area contributed by atoms with E-state index in [9.17, 15) is 4.79 Å². The van der Waals surface area contributed by atoms with E-state index in [1.165, 1.54) is 7.11 Å². The number of halogens is 1. The Bertz CT molecular complexity index is 425. The van der Waals surface area contributed by atoms with Crippen molar-refractivity contribution in [3.8, 4) is 0 Å². The summed E-state index contributed by atoms with van der Waals surface area (Å²) < 4.78 is 5.84. The third-order valence-electron chi connectivity index (χ3n) is 3.23. The highest BCUT2D eigenvalue weighted by atomic mass is 79.9. The number of aromatic nitrogens is 1. The first-order chi connectivity index (χ1) is 8.70. The van der Waals surface area contributed by atoms with Crippen LogP contribution in [0, 0.1) is 0 Å². The van der Waals surface area contributed by atoms with Crippen molar-refractivity contribution in [1.29, 1.82) is 0 Å². The summed E-state index contributed by atoms with van der Waals surface area (Å²) in [4.78, 5) is 18.1. The molecule has 1 fully saturated rings. The number of rotatable bonds is 3. The van der Waals surface area contributed by atoms with Crippen molar-refractivity contribution < 1.29 is 9.53 Å². The van der Waals surface area contributed by atoms with Gasteiger partial charge >= 0.3 is 5.97 Å². The summed E-state index contributed by atoms with van der Waals surface area (Å²) in [6.45, 7) is 1.68. The van der Waals surface area contributed by atoms with Crippen LogP contribution in [0.4, 0.5) is 0 Å². The molecule has 4 nitrogen and oxygen atoms in total. The first-order valence-corrected chi connectivity index (χ1v) is 6.91. The second kappa shape index (κ2) is 6.29. The minimum atomic E-state index is -0.127. The maximum atomic E-state index is 11.7. The van der Waals surface area contributed by atoms with Crippen molar-refractivity contribution in [2.24, 2.45) is 0 Å². The fraction of sp³-hybridized carbons (Fsp3) is 0.538. The smallest absolute Gasteiger partial charge is 0.323 e. The molecule has 2 heterocycles. The number of methoxy groups -OCH3 is 1. The predicted molar refractivity (Wildman–Crippen MR) is 72.0 cm³/mol. The highest BCUT2D eigenvalue weighted by Gasteiger charge is 2.29. The zero-order valence-electron chi connectivity index (χ0n) is 10.4. The minimum Gasteiger partial charge on any atom is -0.468 e. The summed E-state index contributed by atoms with van der Waals surface area (Å²) in [7, 11) is 1.45. The molecule has 1 aromatic heterocycles. The molecule has 0 spiro atoms. The largest absolute Gasteiger partial charge is 0.468 e. The van der Waals surface area contributed by atoms with Crippen molar-refractivity contribution >= 4 is 21.9 Å². The predicted octanol–water partition coefficient (Wildman–Crippen LogP) is 2.37. The van der Waals surface area contributed by atoms with E-state index in [0.29, 0.717) is 0 Å². The molecule has 1 aliphatic rings. The Kier molecular flexibility index (Phi) is 4.72. The molecule has 0 amide bonds. The van der Waals surface area contributed by atoms with Gasteiger partial charge in [0.25, 0.3) is 0 Å². The van der Waals surface area contributed by atoms with Crippen LogP contribution in [-0.2, 0) is 16.1 Å². The van der Waals surface area contributed by atoms with Gasteiger partial charge in [-0.2, -0.15) is 0 Å². The number of carbonyl (C=O) groups is 1. The highest BCUT2D eigenvalue weighted by molar-refractivity contribution is 9.10. The molecule has 0 N–H and O–H groups in total. The lowest BCUT2D eigenvalue weighted by atomic mass is 10.0. The van der Waals surface area contributed by atoms with Gasteiger partial charge in [0.05, 0.1) is 7.11 Å². The Morgan fingerprint density at radius 2 is 2.39 bits per heavy atom. The summed E-state index contributed by atoms with van der Waals surface area (Å²) in [5.74, 6) is -0.127. The van der Waals surface area contributed by atoms with Crippen molar-refractivity contribution in [2.45, 2.75) is 31.8 Å². The summed E-state index contributed by atoms with van der Waals surface area (Å²) >= 11 is 3.41. The molecule has 0 unspecified atom stereocenters. The van der Waals surface area contributed by atoms with Crippen molar-refractivity contribution in [3.63, 3.8) is 0 Å². The van der Waals surface area contributed by atoms with E-state index in [1.807, 2.05) is 12.3 Å². The second-order valence-corrected chi connectivity index (χ2v) is 5.43. The molecule has 0 bridgehead atoms.